The Bertz CT molecular complexity index is 475. The molecule has 0 saturated heterocycles. The van der Waals surface area contributed by atoms with Gasteiger partial charge in [0.2, 0.25) is 0 Å². The maximum Gasteiger partial charge on any atom is 0.148 e. The highest BCUT2D eigenvalue weighted by Gasteiger charge is 2.05. The summed E-state index contributed by atoms with van der Waals surface area (Å²) in [6.07, 6.45) is 1.27. The number of methoxy groups -OCH3 is 1. The molecule has 0 bridgehead atoms. The zero-order valence-electron chi connectivity index (χ0n) is 11.4. The zero-order valence-corrected chi connectivity index (χ0v) is 13.0. The predicted octanol–water partition coefficient (Wildman–Crippen LogP) is 1.56. The SMILES string of the molecule is COCCNCc1ccccc1SCCS(C)(=O)=O. The van der Waals surface area contributed by atoms with E-state index >= 15 is 0 Å². The van der Waals surface area contributed by atoms with Crippen LogP contribution in [-0.4, -0.2) is 46.4 Å². The molecule has 0 radical (unpaired) electrons. The van der Waals surface area contributed by atoms with Crippen molar-refractivity contribution in [1.29, 1.82) is 0 Å². The lowest BCUT2D eigenvalue weighted by molar-refractivity contribution is 0.199. The first-order chi connectivity index (χ1) is 9.03. The number of ether oxygens (including phenoxy) is 1. The molecule has 0 aromatic heterocycles. The van der Waals surface area contributed by atoms with Crippen LogP contribution in [0.5, 0.6) is 0 Å². The summed E-state index contributed by atoms with van der Waals surface area (Å²) in [4.78, 5) is 1.14. The summed E-state index contributed by atoms with van der Waals surface area (Å²) in [6, 6.07) is 8.05. The first-order valence-corrected chi connectivity index (χ1v) is 9.15. The average molecular weight is 303 g/mol. The van der Waals surface area contributed by atoms with Gasteiger partial charge in [-0.3, -0.25) is 0 Å². The molecule has 19 heavy (non-hydrogen) atoms. The molecule has 6 heteroatoms. The van der Waals surface area contributed by atoms with Crippen molar-refractivity contribution < 1.29 is 13.2 Å². The van der Waals surface area contributed by atoms with Gasteiger partial charge < -0.3 is 10.1 Å². The van der Waals surface area contributed by atoms with Gasteiger partial charge in [0.25, 0.3) is 0 Å². The summed E-state index contributed by atoms with van der Waals surface area (Å²) in [7, 11) is -1.21. The second-order valence-corrected chi connectivity index (χ2v) is 7.65. The Balaban J connectivity index is 2.48. The lowest BCUT2D eigenvalue weighted by Gasteiger charge is -2.10. The fourth-order valence-corrected chi connectivity index (χ4v) is 3.76. The number of sulfone groups is 1. The normalized spacial score (nSPS) is 11.7. The second-order valence-electron chi connectivity index (χ2n) is 4.26. The molecular formula is C13H21NO3S2. The van der Waals surface area contributed by atoms with Crippen LogP contribution >= 0.6 is 11.8 Å². The van der Waals surface area contributed by atoms with Crippen LogP contribution in [0.1, 0.15) is 5.56 Å². The summed E-state index contributed by atoms with van der Waals surface area (Å²) in [5.74, 6) is 0.803. The Morgan fingerprint density at radius 3 is 2.74 bits per heavy atom. The molecule has 0 spiro atoms. The molecule has 1 rings (SSSR count). The van der Waals surface area contributed by atoms with Crippen LogP contribution in [-0.2, 0) is 21.1 Å². The van der Waals surface area contributed by atoms with Gasteiger partial charge in [-0.2, -0.15) is 0 Å². The third-order valence-corrected chi connectivity index (χ3v) is 4.80. The minimum Gasteiger partial charge on any atom is -0.383 e. The van der Waals surface area contributed by atoms with Gasteiger partial charge in [-0.25, -0.2) is 8.42 Å². The number of hydrogen-bond donors (Lipinski definition) is 1. The molecule has 108 valence electrons. The minimum absolute atomic E-state index is 0.211. The highest BCUT2D eigenvalue weighted by Crippen LogP contribution is 2.22. The van der Waals surface area contributed by atoms with Crippen LogP contribution in [0.15, 0.2) is 29.2 Å². The molecule has 0 unspecified atom stereocenters. The third-order valence-electron chi connectivity index (χ3n) is 2.48. The molecule has 0 fully saturated rings. The number of benzene rings is 1. The smallest absolute Gasteiger partial charge is 0.148 e. The summed E-state index contributed by atoms with van der Waals surface area (Å²) >= 11 is 1.59. The van der Waals surface area contributed by atoms with Crippen LogP contribution < -0.4 is 5.32 Å². The van der Waals surface area contributed by atoms with E-state index in [-0.39, 0.29) is 5.75 Å². The van der Waals surface area contributed by atoms with Gasteiger partial charge in [0.1, 0.15) is 9.84 Å². The first-order valence-electron chi connectivity index (χ1n) is 6.11. The largest absolute Gasteiger partial charge is 0.383 e. The van der Waals surface area contributed by atoms with Gasteiger partial charge in [-0.15, -0.1) is 11.8 Å². The lowest BCUT2D eigenvalue weighted by atomic mass is 10.2. The molecule has 0 amide bonds. The van der Waals surface area contributed by atoms with E-state index in [1.165, 1.54) is 11.8 Å². The van der Waals surface area contributed by atoms with Gasteiger partial charge >= 0.3 is 0 Å². The van der Waals surface area contributed by atoms with Crippen molar-refractivity contribution in [3.05, 3.63) is 29.8 Å². The zero-order chi connectivity index (χ0) is 14.1. The number of hydrogen-bond acceptors (Lipinski definition) is 5. The Kier molecular flexibility index (Phi) is 7.45. The molecular weight excluding hydrogens is 282 g/mol. The fraction of sp³-hybridized carbons (Fsp3) is 0.538. The quantitative estimate of drug-likeness (QED) is 0.554. The summed E-state index contributed by atoms with van der Waals surface area (Å²) in [5.41, 5.74) is 1.19. The molecule has 0 atom stereocenters. The standard InChI is InChI=1S/C13H21NO3S2/c1-17-8-7-14-11-12-5-3-4-6-13(12)18-9-10-19(2,15)16/h3-6,14H,7-11H2,1-2H3. The van der Waals surface area contributed by atoms with Crippen LogP contribution in [0.3, 0.4) is 0 Å². The monoisotopic (exact) mass is 303 g/mol. The van der Waals surface area contributed by atoms with E-state index in [4.69, 9.17) is 4.74 Å². The molecule has 1 aromatic carbocycles. The van der Waals surface area contributed by atoms with Crippen LogP contribution in [0, 0.1) is 0 Å². The Morgan fingerprint density at radius 2 is 2.05 bits per heavy atom. The van der Waals surface area contributed by atoms with Gasteiger partial charge in [0.15, 0.2) is 0 Å². The van der Waals surface area contributed by atoms with Crippen molar-refractivity contribution in [1.82, 2.24) is 5.32 Å². The van der Waals surface area contributed by atoms with E-state index in [0.717, 1.165) is 18.0 Å². The highest BCUT2D eigenvalue weighted by atomic mass is 32.2. The summed E-state index contributed by atoms with van der Waals surface area (Å²) in [5, 5.41) is 3.29. The average Bonchev–Trinajstić information content (AvgIpc) is 2.35. The molecule has 0 aliphatic rings. The predicted molar refractivity (Wildman–Crippen MR) is 80.5 cm³/mol. The molecule has 0 saturated carbocycles. The van der Waals surface area contributed by atoms with Gasteiger partial charge in [0, 0.05) is 37.1 Å². The van der Waals surface area contributed by atoms with Gasteiger partial charge in [0.05, 0.1) is 12.4 Å². The van der Waals surface area contributed by atoms with Crippen molar-refractivity contribution >= 4 is 21.6 Å². The van der Waals surface area contributed by atoms with E-state index in [1.807, 2.05) is 18.2 Å². The topological polar surface area (TPSA) is 55.4 Å². The number of rotatable bonds is 9. The van der Waals surface area contributed by atoms with Crippen molar-refractivity contribution in [3.8, 4) is 0 Å². The van der Waals surface area contributed by atoms with Gasteiger partial charge in [-0.05, 0) is 11.6 Å². The highest BCUT2D eigenvalue weighted by molar-refractivity contribution is 8.00. The fourth-order valence-electron chi connectivity index (χ4n) is 1.49. The van der Waals surface area contributed by atoms with E-state index in [9.17, 15) is 8.42 Å². The third kappa shape index (κ3) is 7.57. The maximum atomic E-state index is 11.1. The number of nitrogens with one attached hydrogen (secondary N) is 1. The van der Waals surface area contributed by atoms with E-state index in [2.05, 4.69) is 11.4 Å². The Morgan fingerprint density at radius 1 is 1.32 bits per heavy atom. The molecule has 0 aliphatic carbocycles. The van der Waals surface area contributed by atoms with Crippen LogP contribution in [0.4, 0.5) is 0 Å². The minimum atomic E-state index is -2.88. The Hall–Kier alpha value is -0.560. The van der Waals surface area contributed by atoms with Crippen LogP contribution in [0.2, 0.25) is 0 Å². The molecule has 1 aromatic rings. The molecule has 0 aliphatic heterocycles. The van der Waals surface area contributed by atoms with Crippen LogP contribution in [0.25, 0.3) is 0 Å². The van der Waals surface area contributed by atoms with E-state index in [0.29, 0.717) is 12.4 Å². The van der Waals surface area contributed by atoms with E-state index < -0.39 is 9.84 Å². The van der Waals surface area contributed by atoms with Crippen molar-refractivity contribution in [2.45, 2.75) is 11.4 Å². The lowest BCUT2D eigenvalue weighted by Crippen LogP contribution is -2.18. The molecule has 4 nitrogen and oxygen atoms in total. The number of thioether (sulfide) groups is 1. The van der Waals surface area contributed by atoms with Crippen molar-refractivity contribution in [2.75, 3.05) is 38.0 Å². The Labute approximate surface area is 119 Å². The van der Waals surface area contributed by atoms with Gasteiger partial charge in [-0.1, -0.05) is 18.2 Å². The second kappa shape index (κ2) is 8.58. The maximum absolute atomic E-state index is 11.1. The molecule has 1 N–H and O–H groups in total. The van der Waals surface area contributed by atoms with E-state index in [1.54, 1.807) is 18.9 Å². The summed E-state index contributed by atoms with van der Waals surface area (Å²) in [6.45, 7) is 2.26. The first kappa shape index (κ1) is 16.5. The molecule has 0 heterocycles. The van der Waals surface area contributed by atoms with Crippen molar-refractivity contribution in [2.24, 2.45) is 0 Å². The summed E-state index contributed by atoms with van der Waals surface area (Å²) < 4.78 is 27.2. The van der Waals surface area contributed by atoms with Crippen molar-refractivity contribution in [3.63, 3.8) is 0 Å².